The van der Waals surface area contributed by atoms with E-state index in [4.69, 9.17) is 10.7 Å². The molecule has 106 valence electrons. The van der Waals surface area contributed by atoms with Crippen molar-refractivity contribution in [3.05, 3.63) is 36.4 Å². The summed E-state index contributed by atoms with van der Waals surface area (Å²) in [5, 5.41) is 0. The Balaban J connectivity index is 3.14. The van der Waals surface area contributed by atoms with E-state index in [-0.39, 0.29) is 16.3 Å². The fraction of sp³-hybridized carbons (Fsp3) is 0.273. The van der Waals surface area contributed by atoms with E-state index in [0.717, 1.165) is 16.4 Å². The van der Waals surface area contributed by atoms with E-state index in [0.29, 0.717) is 5.57 Å². The van der Waals surface area contributed by atoms with Crippen LogP contribution in [-0.2, 0) is 19.1 Å². The number of likely N-dealkylation sites (N-methyl/N-ethyl adjacent to an activating group) is 1. The molecule has 0 atom stereocenters. The van der Waals surface area contributed by atoms with Crippen LogP contribution in [0.5, 0.6) is 0 Å². The van der Waals surface area contributed by atoms with Gasteiger partial charge >= 0.3 is 0 Å². The molecule has 5 nitrogen and oxygen atoms in total. The molecule has 0 amide bonds. The summed E-state index contributed by atoms with van der Waals surface area (Å²) in [6.45, 7) is 5.56. The van der Waals surface area contributed by atoms with Gasteiger partial charge < -0.3 is 0 Å². The number of halogens is 1. The van der Waals surface area contributed by atoms with Crippen LogP contribution in [0.3, 0.4) is 0 Å². The van der Waals surface area contributed by atoms with Gasteiger partial charge in [0.1, 0.15) is 0 Å². The Morgan fingerprint density at radius 1 is 1.16 bits per heavy atom. The lowest BCUT2D eigenvalue weighted by Crippen LogP contribution is -2.28. The maximum absolute atomic E-state index is 12.1. The fourth-order valence-electron chi connectivity index (χ4n) is 1.42. The summed E-state index contributed by atoms with van der Waals surface area (Å²) in [7, 11) is -0.932. The standard InChI is InChI=1S/C11H14ClNO4S2/c1-9(2)8-13(3)19(16,17)11-6-4-10(5-7-11)18(12,14)15/h4-7H,1,8H2,2-3H3. The molecule has 0 unspecified atom stereocenters. The van der Waals surface area contributed by atoms with Crippen molar-refractivity contribution in [1.82, 2.24) is 4.31 Å². The van der Waals surface area contributed by atoms with Gasteiger partial charge in [-0.2, -0.15) is 4.31 Å². The van der Waals surface area contributed by atoms with Gasteiger partial charge in [0, 0.05) is 24.3 Å². The summed E-state index contributed by atoms with van der Waals surface area (Å²) in [5.74, 6) is 0. The molecular weight excluding hydrogens is 310 g/mol. The molecule has 0 N–H and O–H groups in total. The molecule has 8 heteroatoms. The number of benzene rings is 1. The minimum absolute atomic E-state index is 0.000293. The molecular formula is C11H14ClNO4S2. The minimum Gasteiger partial charge on any atom is -0.207 e. The highest BCUT2D eigenvalue weighted by molar-refractivity contribution is 8.13. The normalized spacial score (nSPS) is 12.6. The minimum atomic E-state index is -3.85. The zero-order chi connectivity index (χ0) is 14.8. The molecule has 0 aromatic heterocycles. The molecule has 0 aliphatic rings. The Kier molecular flexibility index (Phi) is 4.78. The highest BCUT2D eigenvalue weighted by Crippen LogP contribution is 2.20. The Morgan fingerprint density at radius 3 is 1.95 bits per heavy atom. The Morgan fingerprint density at radius 2 is 1.58 bits per heavy atom. The van der Waals surface area contributed by atoms with Crippen molar-refractivity contribution in [3.8, 4) is 0 Å². The average Bonchev–Trinajstić information content (AvgIpc) is 2.27. The molecule has 1 aromatic carbocycles. The van der Waals surface area contributed by atoms with Gasteiger partial charge in [-0.05, 0) is 31.2 Å². The van der Waals surface area contributed by atoms with Crippen LogP contribution in [0.1, 0.15) is 6.92 Å². The van der Waals surface area contributed by atoms with Crippen LogP contribution in [0.15, 0.2) is 46.2 Å². The highest BCUT2D eigenvalue weighted by Gasteiger charge is 2.21. The summed E-state index contributed by atoms with van der Waals surface area (Å²) in [5.41, 5.74) is 0.700. The zero-order valence-electron chi connectivity index (χ0n) is 10.5. The van der Waals surface area contributed by atoms with Crippen molar-refractivity contribution >= 4 is 29.8 Å². The van der Waals surface area contributed by atoms with Crippen LogP contribution in [0, 0.1) is 0 Å². The largest absolute Gasteiger partial charge is 0.261 e. The van der Waals surface area contributed by atoms with Crippen molar-refractivity contribution in [2.75, 3.05) is 13.6 Å². The van der Waals surface area contributed by atoms with Gasteiger partial charge in [0.15, 0.2) is 0 Å². The third kappa shape index (κ3) is 4.04. The zero-order valence-corrected chi connectivity index (χ0v) is 12.9. The summed E-state index contributed by atoms with van der Waals surface area (Å²) in [4.78, 5) is -0.143. The quantitative estimate of drug-likeness (QED) is 0.612. The first-order valence-electron chi connectivity index (χ1n) is 5.20. The predicted octanol–water partition coefficient (Wildman–Crippen LogP) is 1.81. The maximum Gasteiger partial charge on any atom is 0.261 e. The van der Waals surface area contributed by atoms with Crippen LogP contribution in [0.25, 0.3) is 0 Å². The molecule has 0 saturated heterocycles. The molecule has 0 heterocycles. The van der Waals surface area contributed by atoms with E-state index in [1.807, 2.05) is 0 Å². The van der Waals surface area contributed by atoms with Crippen LogP contribution in [0.2, 0.25) is 0 Å². The number of hydrogen-bond acceptors (Lipinski definition) is 4. The van der Waals surface area contributed by atoms with Gasteiger partial charge in [0.25, 0.3) is 9.05 Å². The predicted molar refractivity (Wildman–Crippen MR) is 74.1 cm³/mol. The van der Waals surface area contributed by atoms with Crippen molar-refractivity contribution in [3.63, 3.8) is 0 Å². The third-order valence-corrected chi connectivity index (χ3v) is 5.49. The average molecular weight is 324 g/mol. The summed E-state index contributed by atoms with van der Waals surface area (Å²) < 4.78 is 47.5. The Labute approximate surface area is 118 Å². The molecule has 1 aromatic rings. The first-order chi connectivity index (χ1) is 8.55. The molecule has 19 heavy (non-hydrogen) atoms. The van der Waals surface area contributed by atoms with E-state index < -0.39 is 19.1 Å². The second-order valence-electron chi connectivity index (χ2n) is 4.13. The van der Waals surface area contributed by atoms with Gasteiger partial charge in [0.05, 0.1) is 9.79 Å². The Bertz CT molecular complexity index is 678. The lowest BCUT2D eigenvalue weighted by molar-refractivity contribution is 0.493. The second-order valence-corrected chi connectivity index (χ2v) is 8.74. The molecule has 0 bridgehead atoms. The van der Waals surface area contributed by atoms with Crippen LogP contribution >= 0.6 is 10.7 Å². The monoisotopic (exact) mass is 323 g/mol. The summed E-state index contributed by atoms with van der Waals surface area (Å²) in [6, 6.07) is 4.73. The third-order valence-electron chi connectivity index (χ3n) is 2.31. The Hall–Kier alpha value is -0.890. The van der Waals surface area contributed by atoms with Gasteiger partial charge in [-0.3, -0.25) is 0 Å². The number of hydrogen-bond donors (Lipinski definition) is 0. The molecule has 0 aliphatic heterocycles. The van der Waals surface area contributed by atoms with Gasteiger partial charge in [-0.1, -0.05) is 12.2 Å². The molecule has 0 spiro atoms. The van der Waals surface area contributed by atoms with E-state index in [1.54, 1.807) is 6.92 Å². The molecule has 0 aliphatic carbocycles. The first kappa shape index (κ1) is 16.2. The lowest BCUT2D eigenvalue weighted by Gasteiger charge is -2.17. The van der Waals surface area contributed by atoms with Crippen LogP contribution < -0.4 is 0 Å². The van der Waals surface area contributed by atoms with E-state index >= 15 is 0 Å². The van der Waals surface area contributed by atoms with Crippen molar-refractivity contribution < 1.29 is 16.8 Å². The fourth-order valence-corrected chi connectivity index (χ4v) is 3.42. The molecule has 1 rings (SSSR count). The molecule has 0 radical (unpaired) electrons. The van der Waals surface area contributed by atoms with E-state index in [2.05, 4.69) is 6.58 Å². The SMILES string of the molecule is C=C(C)CN(C)S(=O)(=O)c1ccc(S(=O)(=O)Cl)cc1. The maximum atomic E-state index is 12.1. The summed E-state index contributed by atoms with van der Waals surface area (Å²) >= 11 is 0. The van der Waals surface area contributed by atoms with Gasteiger partial charge in [-0.25, -0.2) is 16.8 Å². The van der Waals surface area contributed by atoms with E-state index in [9.17, 15) is 16.8 Å². The summed E-state index contributed by atoms with van der Waals surface area (Å²) in [6.07, 6.45) is 0. The van der Waals surface area contributed by atoms with Crippen molar-refractivity contribution in [1.29, 1.82) is 0 Å². The highest BCUT2D eigenvalue weighted by atomic mass is 35.7. The topological polar surface area (TPSA) is 71.5 Å². The second kappa shape index (κ2) is 5.62. The van der Waals surface area contributed by atoms with Crippen LogP contribution in [-0.4, -0.2) is 34.7 Å². The first-order valence-corrected chi connectivity index (χ1v) is 8.95. The van der Waals surface area contributed by atoms with E-state index in [1.165, 1.54) is 19.2 Å². The van der Waals surface area contributed by atoms with Gasteiger partial charge in [-0.15, -0.1) is 0 Å². The molecule has 0 fully saturated rings. The van der Waals surface area contributed by atoms with Crippen molar-refractivity contribution in [2.45, 2.75) is 16.7 Å². The van der Waals surface area contributed by atoms with Crippen molar-refractivity contribution in [2.24, 2.45) is 0 Å². The molecule has 0 saturated carbocycles. The number of sulfonamides is 1. The number of rotatable bonds is 5. The lowest BCUT2D eigenvalue weighted by atomic mass is 10.4. The van der Waals surface area contributed by atoms with Crippen LogP contribution in [0.4, 0.5) is 0 Å². The number of nitrogens with zero attached hydrogens (tertiary/aromatic N) is 1. The smallest absolute Gasteiger partial charge is 0.207 e. The van der Waals surface area contributed by atoms with Gasteiger partial charge in [0.2, 0.25) is 10.0 Å².